The molecular weight excluding hydrogens is 312 g/mol. The van der Waals surface area contributed by atoms with Crippen LogP contribution in [0.15, 0.2) is 35.0 Å². The van der Waals surface area contributed by atoms with E-state index in [9.17, 15) is 14.7 Å². The zero-order valence-corrected chi connectivity index (χ0v) is 13.9. The monoisotopic (exact) mass is 332 g/mol. The van der Waals surface area contributed by atoms with Crippen LogP contribution in [0.2, 0.25) is 0 Å². The minimum atomic E-state index is -0.736. The van der Waals surface area contributed by atoms with E-state index in [2.05, 4.69) is 10.6 Å². The first-order valence-corrected chi connectivity index (χ1v) is 8.23. The Balaban J connectivity index is 1.78. The summed E-state index contributed by atoms with van der Waals surface area (Å²) in [6.07, 6.45) is -0.736. The third-order valence-electron chi connectivity index (χ3n) is 3.31. The fourth-order valence-electron chi connectivity index (χ4n) is 2.22. The molecular formula is C17H20N2O3S. The molecule has 122 valence electrons. The van der Waals surface area contributed by atoms with Crippen molar-refractivity contribution in [2.24, 2.45) is 0 Å². The summed E-state index contributed by atoms with van der Waals surface area (Å²) in [5, 5.41) is 18.8. The van der Waals surface area contributed by atoms with Crippen LogP contribution in [0.4, 0.5) is 0 Å². The zero-order chi connectivity index (χ0) is 16.8. The number of rotatable bonds is 6. The van der Waals surface area contributed by atoms with Crippen LogP contribution in [-0.4, -0.2) is 30.0 Å². The standard InChI is InChI=1S/C17H20N2O3S/c1-11-5-12(2)7-14(6-11)17(22)19-9-16(21)18-8-15(20)13-3-4-23-10-13/h3-7,10,15,20H,8-9H2,1-2H3,(H,18,21)(H,19,22). The summed E-state index contributed by atoms with van der Waals surface area (Å²) in [6.45, 7) is 3.84. The summed E-state index contributed by atoms with van der Waals surface area (Å²) >= 11 is 1.49. The van der Waals surface area contributed by atoms with Crippen molar-refractivity contribution in [3.63, 3.8) is 0 Å². The highest BCUT2D eigenvalue weighted by atomic mass is 32.1. The molecule has 6 heteroatoms. The molecule has 2 amide bonds. The molecule has 1 aromatic carbocycles. The summed E-state index contributed by atoms with van der Waals surface area (Å²) in [4.78, 5) is 23.8. The van der Waals surface area contributed by atoms with E-state index >= 15 is 0 Å². The van der Waals surface area contributed by atoms with E-state index in [1.54, 1.807) is 12.1 Å². The maximum absolute atomic E-state index is 12.0. The quantitative estimate of drug-likeness (QED) is 0.756. The number of amides is 2. The average Bonchev–Trinajstić information content (AvgIpc) is 3.03. The Kier molecular flexibility index (Phi) is 5.90. The van der Waals surface area contributed by atoms with Gasteiger partial charge in [0.25, 0.3) is 5.91 Å². The second-order valence-electron chi connectivity index (χ2n) is 5.44. The number of nitrogens with one attached hydrogen (secondary N) is 2. The summed E-state index contributed by atoms with van der Waals surface area (Å²) < 4.78 is 0. The first-order valence-electron chi connectivity index (χ1n) is 7.29. The lowest BCUT2D eigenvalue weighted by Gasteiger charge is -2.11. The first-order chi connectivity index (χ1) is 11.0. The molecule has 1 heterocycles. The van der Waals surface area contributed by atoms with Crippen molar-refractivity contribution in [3.05, 3.63) is 57.3 Å². The predicted octanol–water partition coefficient (Wildman–Crippen LogP) is 1.94. The van der Waals surface area contributed by atoms with E-state index in [4.69, 9.17) is 0 Å². The number of thiophene rings is 1. The van der Waals surface area contributed by atoms with Crippen LogP contribution in [0.3, 0.4) is 0 Å². The lowest BCUT2D eigenvalue weighted by Crippen LogP contribution is -2.38. The van der Waals surface area contributed by atoms with Crippen molar-refractivity contribution < 1.29 is 14.7 Å². The Labute approximate surface area is 139 Å². The van der Waals surface area contributed by atoms with Gasteiger partial charge in [-0.05, 0) is 48.4 Å². The third kappa shape index (κ3) is 5.19. The van der Waals surface area contributed by atoms with Crippen molar-refractivity contribution in [1.29, 1.82) is 0 Å². The molecule has 2 rings (SSSR count). The molecule has 23 heavy (non-hydrogen) atoms. The summed E-state index contributed by atoms with van der Waals surface area (Å²) in [6, 6.07) is 7.35. The van der Waals surface area contributed by atoms with Crippen molar-refractivity contribution in [3.8, 4) is 0 Å². The Morgan fingerprint density at radius 2 is 1.87 bits per heavy atom. The highest BCUT2D eigenvalue weighted by Crippen LogP contribution is 2.14. The molecule has 0 aliphatic heterocycles. The van der Waals surface area contributed by atoms with E-state index in [0.717, 1.165) is 16.7 Å². The maximum Gasteiger partial charge on any atom is 0.251 e. The van der Waals surface area contributed by atoms with E-state index in [0.29, 0.717) is 5.56 Å². The minimum Gasteiger partial charge on any atom is -0.387 e. The molecule has 2 aromatic rings. The Hall–Kier alpha value is -2.18. The Morgan fingerprint density at radius 1 is 1.17 bits per heavy atom. The van der Waals surface area contributed by atoms with Gasteiger partial charge in [-0.25, -0.2) is 0 Å². The van der Waals surface area contributed by atoms with Crippen molar-refractivity contribution in [2.45, 2.75) is 20.0 Å². The lowest BCUT2D eigenvalue weighted by atomic mass is 10.1. The van der Waals surface area contributed by atoms with Gasteiger partial charge >= 0.3 is 0 Å². The molecule has 0 saturated heterocycles. The molecule has 0 spiro atoms. The van der Waals surface area contributed by atoms with Crippen LogP contribution >= 0.6 is 11.3 Å². The van der Waals surface area contributed by atoms with E-state index in [1.807, 2.05) is 36.7 Å². The normalized spacial score (nSPS) is 11.8. The van der Waals surface area contributed by atoms with Crippen LogP contribution in [-0.2, 0) is 4.79 Å². The highest BCUT2D eigenvalue weighted by molar-refractivity contribution is 7.07. The van der Waals surface area contributed by atoms with Gasteiger partial charge in [-0.15, -0.1) is 0 Å². The second kappa shape index (κ2) is 7.89. The number of carbonyl (C=O) groups is 2. The molecule has 0 bridgehead atoms. The fourth-order valence-corrected chi connectivity index (χ4v) is 2.93. The maximum atomic E-state index is 12.0. The summed E-state index contributed by atoms with van der Waals surface area (Å²) in [5.74, 6) is -0.623. The third-order valence-corrected chi connectivity index (χ3v) is 4.02. The largest absolute Gasteiger partial charge is 0.387 e. The molecule has 1 unspecified atom stereocenters. The molecule has 0 saturated carbocycles. The van der Waals surface area contributed by atoms with E-state index < -0.39 is 6.10 Å². The van der Waals surface area contributed by atoms with Gasteiger partial charge < -0.3 is 15.7 Å². The molecule has 0 aliphatic rings. The SMILES string of the molecule is Cc1cc(C)cc(C(=O)NCC(=O)NCC(O)c2ccsc2)c1. The summed E-state index contributed by atoms with van der Waals surface area (Å²) in [5.41, 5.74) is 3.31. The van der Waals surface area contributed by atoms with Crippen LogP contribution in [0.5, 0.6) is 0 Å². The number of benzene rings is 1. The number of carbonyl (C=O) groups excluding carboxylic acids is 2. The van der Waals surface area contributed by atoms with Gasteiger partial charge in [0.1, 0.15) is 0 Å². The Morgan fingerprint density at radius 3 is 2.48 bits per heavy atom. The lowest BCUT2D eigenvalue weighted by molar-refractivity contribution is -0.120. The Bertz CT molecular complexity index is 663. The number of aliphatic hydroxyl groups excluding tert-OH is 1. The zero-order valence-electron chi connectivity index (χ0n) is 13.1. The van der Waals surface area contributed by atoms with Crippen LogP contribution in [0.1, 0.15) is 33.2 Å². The van der Waals surface area contributed by atoms with E-state index in [1.165, 1.54) is 11.3 Å². The van der Waals surface area contributed by atoms with Gasteiger partial charge in [0.05, 0.1) is 12.6 Å². The topological polar surface area (TPSA) is 78.4 Å². The van der Waals surface area contributed by atoms with E-state index in [-0.39, 0.29) is 24.9 Å². The second-order valence-corrected chi connectivity index (χ2v) is 6.22. The minimum absolute atomic E-state index is 0.120. The summed E-state index contributed by atoms with van der Waals surface area (Å²) in [7, 11) is 0. The van der Waals surface area contributed by atoms with Crippen LogP contribution in [0, 0.1) is 13.8 Å². The molecule has 3 N–H and O–H groups in total. The molecule has 0 radical (unpaired) electrons. The van der Waals surface area contributed by atoms with Crippen LogP contribution < -0.4 is 10.6 Å². The molecule has 1 atom stereocenters. The van der Waals surface area contributed by atoms with Gasteiger partial charge in [-0.2, -0.15) is 11.3 Å². The van der Waals surface area contributed by atoms with Crippen molar-refractivity contribution in [2.75, 3.05) is 13.1 Å². The number of aliphatic hydroxyl groups is 1. The number of hydrogen-bond acceptors (Lipinski definition) is 4. The molecule has 0 fully saturated rings. The molecule has 1 aromatic heterocycles. The van der Waals surface area contributed by atoms with Gasteiger partial charge in [-0.3, -0.25) is 9.59 Å². The smallest absolute Gasteiger partial charge is 0.251 e. The fraction of sp³-hybridized carbons (Fsp3) is 0.294. The van der Waals surface area contributed by atoms with Gasteiger partial charge in [-0.1, -0.05) is 17.2 Å². The first kappa shape index (κ1) is 17.2. The van der Waals surface area contributed by atoms with Gasteiger partial charge in [0, 0.05) is 12.1 Å². The molecule has 5 nitrogen and oxygen atoms in total. The highest BCUT2D eigenvalue weighted by Gasteiger charge is 2.12. The number of hydrogen-bond donors (Lipinski definition) is 3. The van der Waals surface area contributed by atoms with Crippen molar-refractivity contribution in [1.82, 2.24) is 10.6 Å². The predicted molar refractivity (Wildman–Crippen MR) is 90.5 cm³/mol. The molecule has 0 aliphatic carbocycles. The van der Waals surface area contributed by atoms with Crippen LogP contribution in [0.25, 0.3) is 0 Å². The van der Waals surface area contributed by atoms with Gasteiger partial charge in [0.15, 0.2) is 0 Å². The van der Waals surface area contributed by atoms with Gasteiger partial charge in [0.2, 0.25) is 5.91 Å². The number of aryl methyl sites for hydroxylation is 2. The average molecular weight is 332 g/mol. The van der Waals surface area contributed by atoms with Crippen molar-refractivity contribution >= 4 is 23.2 Å².